The van der Waals surface area contributed by atoms with E-state index in [-0.39, 0.29) is 5.75 Å². The Bertz CT molecular complexity index is 1180. The van der Waals surface area contributed by atoms with Crippen LogP contribution in [0.2, 0.25) is 0 Å². The van der Waals surface area contributed by atoms with Gasteiger partial charge in [-0.2, -0.15) is 0 Å². The molecule has 0 aliphatic carbocycles. The Hall–Kier alpha value is -3.04. The number of hydrogen-bond donors (Lipinski definition) is 2. The van der Waals surface area contributed by atoms with Gasteiger partial charge in [0, 0.05) is 35.9 Å². The summed E-state index contributed by atoms with van der Waals surface area (Å²) in [5.74, 6) is 0.372. The maximum absolute atomic E-state index is 13.9. The Morgan fingerprint density at radius 1 is 1.30 bits per heavy atom. The van der Waals surface area contributed by atoms with Gasteiger partial charge in [-0.3, -0.25) is 4.40 Å². The number of benzene rings is 1. The lowest BCUT2D eigenvalue weighted by Gasteiger charge is -2.23. The van der Waals surface area contributed by atoms with E-state index in [1.54, 1.807) is 18.3 Å². The second-order valence-corrected chi connectivity index (χ2v) is 8.04. The third-order valence-electron chi connectivity index (χ3n) is 5.21. The summed E-state index contributed by atoms with van der Waals surface area (Å²) in [4.78, 5) is 14.8. The van der Waals surface area contributed by atoms with Gasteiger partial charge < -0.3 is 15.4 Å². The molecule has 154 valence electrons. The van der Waals surface area contributed by atoms with E-state index in [1.165, 1.54) is 24.5 Å². The Morgan fingerprint density at radius 3 is 3.07 bits per heavy atom. The van der Waals surface area contributed by atoms with Crippen LogP contribution in [0.1, 0.15) is 12.8 Å². The van der Waals surface area contributed by atoms with Gasteiger partial charge in [-0.25, -0.2) is 19.3 Å². The summed E-state index contributed by atoms with van der Waals surface area (Å²) in [5.41, 5.74) is 3.08. The zero-order valence-electron chi connectivity index (χ0n) is 16.4. The molecular weight excluding hydrogens is 403 g/mol. The van der Waals surface area contributed by atoms with E-state index in [4.69, 9.17) is 14.7 Å². The summed E-state index contributed by atoms with van der Waals surface area (Å²) in [6.07, 6.45) is 5.93. The van der Waals surface area contributed by atoms with E-state index in [0.717, 1.165) is 53.5 Å². The van der Waals surface area contributed by atoms with Crippen molar-refractivity contribution >= 4 is 22.2 Å². The number of nitrogens with one attached hydrogen (secondary N) is 2. The van der Waals surface area contributed by atoms with E-state index in [2.05, 4.69) is 15.6 Å². The SMILES string of the molecule is COc1cc(-c2nc3sccn3c2-c2ccnc(NC3CCCNC3)n2)ccc1F. The van der Waals surface area contributed by atoms with Crippen molar-refractivity contribution in [2.24, 2.45) is 0 Å². The van der Waals surface area contributed by atoms with Crippen LogP contribution in [0.5, 0.6) is 5.75 Å². The lowest BCUT2D eigenvalue weighted by atomic mass is 10.1. The molecule has 0 bridgehead atoms. The first kappa shape index (κ1) is 19.0. The number of hydrogen-bond acceptors (Lipinski definition) is 7. The van der Waals surface area contributed by atoms with Gasteiger partial charge in [0.2, 0.25) is 5.95 Å². The predicted molar refractivity (Wildman–Crippen MR) is 116 cm³/mol. The summed E-state index contributed by atoms with van der Waals surface area (Å²) >= 11 is 1.54. The van der Waals surface area contributed by atoms with Crippen LogP contribution in [0, 0.1) is 5.82 Å². The molecule has 1 unspecified atom stereocenters. The number of imidazole rings is 1. The molecule has 0 saturated carbocycles. The molecule has 2 N–H and O–H groups in total. The Labute approximate surface area is 177 Å². The molecule has 1 atom stereocenters. The lowest BCUT2D eigenvalue weighted by Crippen LogP contribution is -2.38. The highest BCUT2D eigenvalue weighted by molar-refractivity contribution is 7.15. The average molecular weight is 425 g/mol. The molecule has 4 heterocycles. The van der Waals surface area contributed by atoms with Crippen molar-refractivity contribution in [3.63, 3.8) is 0 Å². The van der Waals surface area contributed by atoms with Crippen molar-refractivity contribution in [1.29, 1.82) is 0 Å². The fraction of sp³-hybridized carbons (Fsp3) is 0.286. The summed E-state index contributed by atoms with van der Waals surface area (Å²) in [6.45, 7) is 1.95. The van der Waals surface area contributed by atoms with E-state index in [9.17, 15) is 4.39 Å². The summed E-state index contributed by atoms with van der Waals surface area (Å²) in [6, 6.07) is 6.95. The third kappa shape index (κ3) is 3.50. The predicted octanol–water partition coefficient (Wildman–Crippen LogP) is 3.83. The fourth-order valence-electron chi connectivity index (χ4n) is 3.76. The fourth-order valence-corrected chi connectivity index (χ4v) is 4.47. The number of rotatable bonds is 5. The molecule has 1 aromatic carbocycles. The molecule has 0 spiro atoms. The molecule has 1 aliphatic heterocycles. The highest BCUT2D eigenvalue weighted by Crippen LogP contribution is 2.35. The second kappa shape index (κ2) is 8.00. The quantitative estimate of drug-likeness (QED) is 0.507. The number of thiazole rings is 1. The van der Waals surface area contributed by atoms with Crippen LogP contribution in [-0.2, 0) is 0 Å². The van der Waals surface area contributed by atoms with Gasteiger partial charge in [0.05, 0.1) is 18.5 Å². The smallest absolute Gasteiger partial charge is 0.223 e. The Morgan fingerprint density at radius 2 is 2.23 bits per heavy atom. The average Bonchev–Trinajstić information content (AvgIpc) is 3.36. The number of nitrogens with zero attached hydrogens (tertiary/aromatic N) is 4. The number of piperidine rings is 1. The monoisotopic (exact) mass is 424 g/mol. The number of fused-ring (bicyclic) bond motifs is 1. The van der Waals surface area contributed by atoms with Crippen LogP contribution in [0.3, 0.4) is 0 Å². The third-order valence-corrected chi connectivity index (χ3v) is 5.97. The molecule has 1 fully saturated rings. The van der Waals surface area contributed by atoms with Gasteiger partial charge in [0.25, 0.3) is 0 Å². The van der Waals surface area contributed by atoms with Crippen LogP contribution in [0.15, 0.2) is 42.0 Å². The van der Waals surface area contributed by atoms with Crippen molar-refractivity contribution in [2.75, 3.05) is 25.5 Å². The maximum Gasteiger partial charge on any atom is 0.223 e. The zero-order chi connectivity index (χ0) is 20.5. The highest BCUT2D eigenvalue weighted by atomic mass is 32.1. The van der Waals surface area contributed by atoms with Gasteiger partial charge in [-0.05, 0) is 43.7 Å². The van der Waals surface area contributed by atoms with Crippen molar-refractivity contribution in [3.8, 4) is 28.4 Å². The van der Waals surface area contributed by atoms with Crippen molar-refractivity contribution in [1.82, 2.24) is 24.7 Å². The number of aromatic nitrogens is 4. The molecule has 3 aromatic heterocycles. The normalized spacial score (nSPS) is 16.7. The topological polar surface area (TPSA) is 76.4 Å². The first-order valence-electron chi connectivity index (χ1n) is 9.83. The van der Waals surface area contributed by atoms with Crippen LogP contribution < -0.4 is 15.4 Å². The van der Waals surface area contributed by atoms with Crippen molar-refractivity contribution < 1.29 is 9.13 Å². The second-order valence-electron chi connectivity index (χ2n) is 7.17. The van der Waals surface area contributed by atoms with E-state index in [1.807, 2.05) is 22.0 Å². The van der Waals surface area contributed by atoms with E-state index in [0.29, 0.717) is 12.0 Å². The Balaban J connectivity index is 1.58. The molecule has 1 aliphatic rings. The van der Waals surface area contributed by atoms with Gasteiger partial charge in [-0.1, -0.05) is 0 Å². The minimum Gasteiger partial charge on any atom is -0.494 e. The molecule has 9 heteroatoms. The van der Waals surface area contributed by atoms with Crippen LogP contribution in [0.4, 0.5) is 10.3 Å². The maximum atomic E-state index is 13.9. The lowest BCUT2D eigenvalue weighted by molar-refractivity contribution is 0.387. The molecule has 5 rings (SSSR count). The molecule has 1 saturated heterocycles. The highest BCUT2D eigenvalue weighted by Gasteiger charge is 2.20. The molecular formula is C21H21FN6OS. The number of halogens is 1. The van der Waals surface area contributed by atoms with E-state index < -0.39 is 5.82 Å². The van der Waals surface area contributed by atoms with Crippen molar-refractivity contribution in [2.45, 2.75) is 18.9 Å². The first-order valence-corrected chi connectivity index (χ1v) is 10.7. The minimum atomic E-state index is -0.404. The van der Waals surface area contributed by atoms with Crippen LogP contribution >= 0.6 is 11.3 Å². The summed E-state index contributed by atoms with van der Waals surface area (Å²) in [7, 11) is 1.46. The molecule has 30 heavy (non-hydrogen) atoms. The van der Waals surface area contributed by atoms with Crippen LogP contribution in [-0.4, -0.2) is 45.6 Å². The van der Waals surface area contributed by atoms with Gasteiger partial charge in [0.1, 0.15) is 5.69 Å². The largest absolute Gasteiger partial charge is 0.494 e. The number of ether oxygens (including phenoxy) is 1. The number of methoxy groups -OCH3 is 1. The minimum absolute atomic E-state index is 0.185. The molecule has 0 radical (unpaired) electrons. The van der Waals surface area contributed by atoms with Gasteiger partial charge in [0.15, 0.2) is 16.5 Å². The zero-order valence-corrected chi connectivity index (χ0v) is 17.2. The van der Waals surface area contributed by atoms with E-state index >= 15 is 0 Å². The Kier molecular flexibility index (Phi) is 5.06. The van der Waals surface area contributed by atoms with Crippen LogP contribution in [0.25, 0.3) is 27.6 Å². The van der Waals surface area contributed by atoms with Gasteiger partial charge in [-0.15, -0.1) is 11.3 Å². The van der Waals surface area contributed by atoms with Crippen molar-refractivity contribution in [3.05, 3.63) is 47.9 Å². The first-order chi connectivity index (χ1) is 14.7. The van der Waals surface area contributed by atoms with Gasteiger partial charge >= 0.3 is 0 Å². The summed E-state index contributed by atoms with van der Waals surface area (Å²) < 4.78 is 21.1. The standard InChI is InChI=1S/C21H21FN6OS/c1-29-17-11-13(4-5-15(17)22)18-19(28-9-10-30-21(28)27-18)16-6-8-24-20(26-16)25-14-3-2-7-23-12-14/h4-6,8-11,14,23H,2-3,7,12H2,1H3,(H,24,25,26). The molecule has 4 aromatic rings. The molecule has 7 nitrogen and oxygen atoms in total. The molecule has 0 amide bonds. The number of anilines is 1. The summed E-state index contributed by atoms with van der Waals surface area (Å²) in [5, 5.41) is 8.80.